The van der Waals surface area contributed by atoms with E-state index in [1.54, 1.807) is 0 Å². The summed E-state index contributed by atoms with van der Waals surface area (Å²) in [5, 5.41) is 12.0. The number of nitrogens with zero attached hydrogens (tertiary/aromatic N) is 1. The van der Waals surface area contributed by atoms with Crippen molar-refractivity contribution in [1.82, 2.24) is 5.32 Å². The fourth-order valence-electron chi connectivity index (χ4n) is 1.71. The zero-order chi connectivity index (χ0) is 11.4. The molecule has 1 saturated heterocycles. The molecule has 1 heterocycles. The standard InChI is InChI=1S/C13H16N2O/c1-10-2-3-11(7-14)6-13(10)16-5-4-12-8-15-9-12/h2-3,6,12,15H,4-5,8-9H2,1H3. The Balaban J connectivity index is 1.89. The molecular formula is C13H16N2O. The predicted molar refractivity (Wildman–Crippen MR) is 62.4 cm³/mol. The molecule has 0 aromatic heterocycles. The van der Waals surface area contributed by atoms with Gasteiger partial charge in [-0.1, -0.05) is 6.07 Å². The highest BCUT2D eigenvalue weighted by molar-refractivity contribution is 5.41. The van der Waals surface area contributed by atoms with Crippen LogP contribution in [0.3, 0.4) is 0 Å². The lowest BCUT2D eigenvalue weighted by Gasteiger charge is -2.26. The average molecular weight is 216 g/mol. The predicted octanol–water partition coefficient (Wildman–Crippen LogP) is 1.85. The molecule has 1 aliphatic heterocycles. The molecule has 1 fully saturated rings. The third-order valence-corrected chi connectivity index (χ3v) is 2.97. The summed E-state index contributed by atoms with van der Waals surface area (Å²) in [6.45, 7) is 4.96. The topological polar surface area (TPSA) is 45.0 Å². The summed E-state index contributed by atoms with van der Waals surface area (Å²) in [7, 11) is 0. The molecule has 1 N–H and O–H groups in total. The Morgan fingerprint density at radius 1 is 1.50 bits per heavy atom. The van der Waals surface area contributed by atoms with E-state index in [0.29, 0.717) is 5.56 Å². The third-order valence-electron chi connectivity index (χ3n) is 2.97. The van der Waals surface area contributed by atoms with Crippen molar-refractivity contribution in [2.75, 3.05) is 19.7 Å². The average Bonchev–Trinajstić information content (AvgIpc) is 2.24. The SMILES string of the molecule is Cc1ccc(C#N)cc1OCCC1CNC1. The van der Waals surface area contributed by atoms with Crippen molar-refractivity contribution in [3.8, 4) is 11.8 Å². The Morgan fingerprint density at radius 3 is 2.94 bits per heavy atom. The smallest absolute Gasteiger partial charge is 0.123 e. The summed E-state index contributed by atoms with van der Waals surface area (Å²) in [6.07, 6.45) is 1.09. The second-order valence-corrected chi connectivity index (χ2v) is 4.25. The van der Waals surface area contributed by atoms with Gasteiger partial charge in [0.15, 0.2) is 0 Å². The molecule has 0 bridgehead atoms. The molecule has 0 saturated carbocycles. The van der Waals surface area contributed by atoms with E-state index >= 15 is 0 Å². The number of ether oxygens (including phenoxy) is 1. The van der Waals surface area contributed by atoms with Crippen LogP contribution in [-0.4, -0.2) is 19.7 Å². The molecule has 0 amide bonds. The molecule has 1 aliphatic rings. The Labute approximate surface area is 96.0 Å². The van der Waals surface area contributed by atoms with Gasteiger partial charge in [-0.05, 0) is 50.0 Å². The van der Waals surface area contributed by atoms with E-state index in [0.717, 1.165) is 43.3 Å². The van der Waals surface area contributed by atoms with Crippen molar-refractivity contribution in [3.05, 3.63) is 29.3 Å². The lowest BCUT2D eigenvalue weighted by atomic mass is 10.0. The maximum atomic E-state index is 8.80. The first kappa shape index (κ1) is 11.0. The number of benzene rings is 1. The molecule has 0 atom stereocenters. The number of nitrogens with one attached hydrogen (secondary N) is 1. The fraction of sp³-hybridized carbons (Fsp3) is 0.462. The van der Waals surface area contributed by atoms with Crippen LogP contribution < -0.4 is 10.1 Å². The second kappa shape index (κ2) is 5.00. The van der Waals surface area contributed by atoms with E-state index in [9.17, 15) is 0 Å². The van der Waals surface area contributed by atoms with Crippen LogP contribution >= 0.6 is 0 Å². The second-order valence-electron chi connectivity index (χ2n) is 4.25. The molecule has 0 aliphatic carbocycles. The van der Waals surface area contributed by atoms with Crippen LogP contribution in [0.4, 0.5) is 0 Å². The number of hydrogen-bond acceptors (Lipinski definition) is 3. The maximum Gasteiger partial charge on any atom is 0.123 e. The van der Waals surface area contributed by atoms with E-state index in [-0.39, 0.29) is 0 Å². The first-order valence-corrected chi connectivity index (χ1v) is 5.64. The molecule has 0 spiro atoms. The van der Waals surface area contributed by atoms with Crippen molar-refractivity contribution in [1.29, 1.82) is 5.26 Å². The minimum Gasteiger partial charge on any atom is -0.493 e. The Bertz CT molecular complexity index is 405. The summed E-state index contributed by atoms with van der Waals surface area (Å²) < 4.78 is 5.71. The van der Waals surface area contributed by atoms with E-state index < -0.39 is 0 Å². The summed E-state index contributed by atoms with van der Waals surface area (Å²) in [5.41, 5.74) is 1.75. The zero-order valence-corrected chi connectivity index (χ0v) is 9.49. The van der Waals surface area contributed by atoms with Gasteiger partial charge in [-0.15, -0.1) is 0 Å². The summed E-state index contributed by atoms with van der Waals surface area (Å²) in [4.78, 5) is 0. The Hall–Kier alpha value is -1.53. The van der Waals surface area contributed by atoms with Gasteiger partial charge in [-0.3, -0.25) is 0 Å². The van der Waals surface area contributed by atoms with Gasteiger partial charge in [-0.25, -0.2) is 0 Å². The largest absolute Gasteiger partial charge is 0.493 e. The van der Waals surface area contributed by atoms with Crippen LogP contribution in [0.25, 0.3) is 0 Å². The van der Waals surface area contributed by atoms with Crippen LogP contribution in [0.5, 0.6) is 5.75 Å². The van der Waals surface area contributed by atoms with E-state index in [1.807, 2.05) is 25.1 Å². The van der Waals surface area contributed by atoms with Crippen molar-refractivity contribution in [3.63, 3.8) is 0 Å². The van der Waals surface area contributed by atoms with Gasteiger partial charge in [0, 0.05) is 0 Å². The number of aryl methyl sites for hydroxylation is 1. The van der Waals surface area contributed by atoms with Gasteiger partial charge in [0.05, 0.1) is 18.2 Å². The minimum atomic E-state index is 0.658. The summed E-state index contributed by atoms with van der Waals surface area (Å²) in [5.74, 6) is 1.60. The molecule has 16 heavy (non-hydrogen) atoms. The van der Waals surface area contributed by atoms with Gasteiger partial charge in [0.25, 0.3) is 0 Å². The third kappa shape index (κ3) is 2.53. The Morgan fingerprint density at radius 2 is 2.31 bits per heavy atom. The number of nitriles is 1. The highest BCUT2D eigenvalue weighted by Crippen LogP contribution is 2.20. The zero-order valence-electron chi connectivity index (χ0n) is 9.49. The Kier molecular flexibility index (Phi) is 3.43. The molecule has 1 aromatic carbocycles. The maximum absolute atomic E-state index is 8.80. The number of rotatable bonds is 4. The summed E-state index contributed by atoms with van der Waals surface area (Å²) in [6, 6.07) is 7.69. The lowest BCUT2D eigenvalue weighted by molar-refractivity contribution is 0.237. The molecule has 2 rings (SSSR count). The van der Waals surface area contributed by atoms with Crippen molar-refractivity contribution in [2.24, 2.45) is 5.92 Å². The van der Waals surface area contributed by atoms with Crippen LogP contribution in [-0.2, 0) is 0 Å². The summed E-state index contributed by atoms with van der Waals surface area (Å²) >= 11 is 0. The van der Waals surface area contributed by atoms with Crippen molar-refractivity contribution in [2.45, 2.75) is 13.3 Å². The lowest BCUT2D eigenvalue weighted by Crippen LogP contribution is -2.42. The quantitative estimate of drug-likeness (QED) is 0.835. The van der Waals surface area contributed by atoms with Gasteiger partial charge in [0.1, 0.15) is 5.75 Å². The highest BCUT2D eigenvalue weighted by atomic mass is 16.5. The molecule has 3 heteroatoms. The fourth-order valence-corrected chi connectivity index (χ4v) is 1.71. The van der Waals surface area contributed by atoms with Crippen LogP contribution in [0, 0.1) is 24.2 Å². The first-order valence-electron chi connectivity index (χ1n) is 5.64. The molecule has 84 valence electrons. The first-order chi connectivity index (χ1) is 7.79. The molecule has 0 radical (unpaired) electrons. The van der Waals surface area contributed by atoms with Crippen LogP contribution in [0.15, 0.2) is 18.2 Å². The van der Waals surface area contributed by atoms with Crippen molar-refractivity contribution < 1.29 is 4.74 Å². The van der Waals surface area contributed by atoms with E-state index in [2.05, 4.69) is 11.4 Å². The van der Waals surface area contributed by atoms with Gasteiger partial charge in [-0.2, -0.15) is 5.26 Å². The monoisotopic (exact) mass is 216 g/mol. The normalized spacial score (nSPS) is 15.2. The molecule has 0 unspecified atom stereocenters. The van der Waals surface area contributed by atoms with Crippen LogP contribution in [0.2, 0.25) is 0 Å². The van der Waals surface area contributed by atoms with Crippen molar-refractivity contribution >= 4 is 0 Å². The molecular weight excluding hydrogens is 200 g/mol. The van der Waals surface area contributed by atoms with Crippen LogP contribution in [0.1, 0.15) is 17.5 Å². The molecule has 3 nitrogen and oxygen atoms in total. The minimum absolute atomic E-state index is 0.658. The molecule has 1 aromatic rings. The van der Waals surface area contributed by atoms with E-state index in [4.69, 9.17) is 10.00 Å². The number of hydrogen-bond donors (Lipinski definition) is 1. The van der Waals surface area contributed by atoms with Gasteiger partial charge in [0.2, 0.25) is 0 Å². The van der Waals surface area contributed by atoms with Gasteiger partial charge < -0.3 is 10.1 Å². The van der Waals surface area contributed by atoms with E-state index in [1.165, 1.54) is 0 Å². The highest BCUT2D eigenvalue weighted by Gasteiger charge is 2.16. The van der Waals surface area contributed by atoms with Gasteiger partial charge >= 0.3 is 0 Å².